The summed E-state index contributed by atoms with van der Waals surface area (Å²) in [7, 11) is 1.71. The highest BCUT2D eigenvalue weighted by molar-refractivity contribution is 4.76. The fraction of sp³-hybridized carbons (Fsp3) is 1.00. The Bertz CT molecular complexity index is 93.7. The summed E-state index contributed by atoms with van der Waals surface area (Å²) in [5, 5.41) is 8.82. The van der Waals surface area contributed by atoms with Crippen molar-refractivity contribution in [3.8, 4) is 0 Å². The molecule has 0 spiro atoms. The molecule has 2 heteroatoms. The van der Waals surface area contributed by atoms with Crippen LogP contribution >= 0.6 is 0 Å². The van der Waals surface area contributed by atoms with Gasteiger partial charge in [-0.15, -0.1) is 0 Å². The molecule has 1 N–H and O–H groups in total. The number of methoxy groups -OCH3 is 1. The van der Waals surface area contributed by atoms with E-state index in [1.54, 1.807) is 7.11 Å². The Morgan fingerprint density at radius 1 is 1.45 bits per heavy atom. The van der Waals surface area contributed by atoms with Crippen LogP contribution in [-0.4, -0.2) is 25.4 Å². The molecule has 0 rings (SSSR count). The predicted molar refractivity (Wildman–Crippen MR) is 46.5 cm³/mol. The highest BCUT2D eigenvalue weighted by Crippen LogP contribution is 2.30. The van der Waals surface area contributed by atoms with Gasteiger partial charge in [-0.3, -0.25) is 0 Å². The quantitative estimate of drug-likeness (QED) is 0.663. The van der Waals surface area contributed by atoms with Crippen molar-refractivity contribution in [1.82, 2.24) is 0 Å². The largest absolute Gasteiger partial charge is 0.396 e. The first-order valence-corrected chi connectivity index (χ1v) is 4.16. The van der Waals surface area contributed by atoms with Gasteiger partial charge in [0.25, 0.3) is 0 Å². The maximum absolute atomic E-state index is 8.82. The molecule has 0 aliphatic heterocycles. The lowest BCUT2D eigenvalue weighted by Crippen LogP contribution is -2.29. The molecule has 0 aromatic carbocycles. The minimum atomic E-state index is 0.128. The normalized spacial score (nSPS) is 16.9. The number of rotatable bonds is 5. The summed E-state index contributed by atoms with van der Waals surface area (Å²) in [6.07, 6.45) is 0.818. The van der Waals surface area contributed by atoms with Crippen molar-refractivity contribution in [2.45, 2.75) is 27.2 Å². The molecule has 0 aliphatic rings. The summed E-state index contributed by atoms with van der Waals surface area (Å²) >= 11 is 0. The SMILES string of the molecule is COCC(C)(CCO)C(C)C. The van der Waals surface area contributed by atoms with Crippen molar-refractivity contribution < 1.29 is 9.84 Å². The molecule has 11 heavy (non-hydrogen) atoms. The van der Waals surface area contributed by atoms with Gasteiger partial charge in [0.15, 0.2) is 0 Å². The molecule has 68 valence electrons. The molecule has 2 nitrogen and oxygen atoms in total. The van der Waals surface area contributed by atoms with Crippen molar-refractivity contribution >= 4 is 0 Å². The van der Waals surface area contributed by atoms with Crippen LogP contribution in [0.15, 0.2) is 0 Å². The summed E-state index contributed by atoms with van der Waals surface area (Å²) in [6.45, 7) is 7.45. The van der Waals surface area contributed by atoms with Gasteiger partial charge in [-0.05, 0) is 17.8 Å². The molecule has 0 saturated heterocycles. The lowest BCUT2D eigenvalue weighted by atomic mass is 9.77. The number of aliphatic hydroxyl groups is 1. The topological polar surface area (TPSA) is 29.5 Å². The third kappa shape index (κ3) is 3.21. The number of hydrogen-bond donors (Lipinski definition) is 1. The second kappa shape index (κ2) is 4.73. The van der Waals surface area contributed by atoms with Gasteiger partial charge in [0.05, 0.1) is 6.61 Å². The Morgan fingerprint density at radius 3 is 2.27 bits per heavy atom. The Balaban J connectivity index is 4.01. The zero-order valence-corrected chi connectivity index (χ0v) is 8.05. The van der Waals surface area contributed by atoms with E-state index in [9.17, 15) is 0 Å². The average molecular weight is 160 g/mol. The molecule has 0 aromatic heterocycles. The van der Waals surface area contributed by atoms with E-state index in [0.29, 0.717) is 5.92 Å². The predicted octanol–water partition coefficient (Wildman–Crippen LogP) is 1.68. The van der Waals surface area contributed by atoms with Crippen LogP contribution in [0.3, 0.4) is 0 Å². The first-order chi connectivity index (χ1) is 5.06. The van der Waals surface area contributed by atoms with Crippen molar-refractivity contribution in [2.75, 3.05) is 20.3 Å². The second-order valence-corrected chi connectivity index (χ2v) is 3.72. The molecule has 0 saturated carbocycles. The van der Waals surface area contributed by atoms with Gasteiger partial charge >= 0.3 is 0 Å². The molecule has 0 fully saturated rings. The zero-order chi connectivity index (χ0) is 8.91. The van der Waals surface area contributed by atoms with E-state index in [-0.39, 0.29) is 12.0 Å². The van der Waals surface area contributed by atoms with Crippen molar-refractivity contribution in [2.24, 2.45) is 11.3 Å². The van der Waals surface area contributed by atoms with Crippen LogP contribution in [0.2, 0.25) is 0 Å². The molecular formula is C9H20O2. The maximum Gasteiger partial charge on any atom is 0.0519 e. The summed E-state index contributed by atoms with van der Waals surface area (Å²) < 4.78 is 5.11. The number of ether oxygens (including phenoxy) is 1. The molecule has 0 radical (unpaired) electrons. The Kier molecular flexibility index (Phi) is 4.69. The maximum atomic E-state index is 8.82. The molecule has 1 unspecified atom stereocenters. The van der Waals surface area contributed by atoms with Gasteiger partial charge < -0.3 is 9.84 Å². The van der Waals surface area contributed by atoms with Crippen LogP contribution < -0.4 is 0 Å². The summed E-state index contributed by atoms with van der Waals surface area (Å²) in [5.74, 6) is 0.551. The van der Waals surface area contributed by atoms with Gasteiger partial charge in [0.1, 0.15) is 0 Å². The fourth-order valence-corrected chi connectivity index (χ4v) is 1.11. The van der Waals surface area contributed by atoms with Crippen LogP contribution in [0.5, 0.6) is 0 Å². The first-order valence-electron chi connectivity index (χ1n) is 4.16. The lowest BCUT2D eigenvalue weighted by molar-refractivity contribution is 0.0364. The van der Waals surface area contributed by atoms with E-state index in [1.807, 2.05) is 0 Å². The fourth-order valence-electron chi connectivity index (χ4n) is 1.11. The lowest BCUT2D eigenvalue weighted by Gasteiger charge is -2.32. The highest BCUT2D eigenvalue weighted by Gasteiger charge is 2.27. The molecule has 0 aliphatic carbocycles. The van der Waals surface area contributed by atoms with Gasteiger partial charge in [-0.1, -0.05) is 20.8 Å². The third-order valence-corrected chi connectivity index (χ3v) is 2.55. The third-order valence-electron chi connectivity index (χ3n) is 2.55. The average Bonchev–Trinajstić information content (AvgIpc) is 1.88. The summed E-state index contributed by atoms with van der Waals surface area (Å²) in [4.78, 5) is 0. The molecule has 0 amide bonds. The van der Waals surface area contributed by atoms with Crippen LogP contribution in [-0.2, 0) is 4.74 Å². The summed E-state index contributed by atoms with van der Waals surface area (Å²) in [5.41, 5.74) is 0.128. The van der Waals surface area contributed by atoms with Gasteiger partial charge in [-0.2, -0.15) is 0 Å². The molecule has 0 heterocycles. The van der Waals surface area contributed by atoms with Crippen molar-refractivity contribution in [3.63, 3.8) is 0 Å². The smallest absolute Gasteiger partial charge is 0.0519 e. The Labute approximate surface area is 69.6 Å². The second-order valence-electron chi connectivity index (χ2n) is 3.72. The van der Waals surface area contributed by atoms with Crippen molar-refractivity contribution in [1.29, 1.82) is 0 Å². The molecule has 1 atom stereocenters. The summed E-state index contributed by atoms with van der Waals surface area (Å²) in [6, 6.07) is 0. The molecule has 0 aromatic rings. The highest BCUT2D eigenvalue weighted by atomic mass is 16.5. The van der Waals surface area contributed by atoms with Crippen LogP contribution in [0, 0.1) is 11.3 Å². The molecule has 0 bridgehead atoms. The van der Waals surface area contributed by atoms with Crippen LogP contribution in [0.1, 0.15) is 27.2 Å². The Hall–Kier alpha value is -0.0800. The standard InChI is InChI=1S/C9H20O2/c1-8(2)9(3,5-6-10)7-11-4/h8,10H,5-7H2,1-4H3. The van der Waals surface area contributed by atoms with E-state index in [0.717, 1.165) is 13.0 Å². The Morgan fingerprint density at radius 2 is 2.00 bits per heavy atom. The van der Waals surface area contributed by atoms with Gasteiger partial charge in [0.2, 0.25) is 0 Å². The van der Waals surface area contributed by atoms with Crippen molar-refractivity contribution in [3.05, 3.63) is 0 Å². The van der Waals surface area contributed by atoms with E-state index in [2.05, 4.69) is 20.8 Å². The zero-order valence-electron chi connectivity index (χ0n) is 8.05. The number of aliphatic hydroxyl groups excluding tert-OH is 1. The van der Waals surface area contributed by atoms with E-state index < -0.39 is 0 Å². The van der Waals surface area contributed by atoms with Crippen LogP contribution in [0.4, 0.5) is 0 Å². The monoisotopic (exact) mass is 160 g/mol. The van der Waals surface area contributed by atoms with Crippen LogP contribution in [0.25, 0.3) is 0 Å². The first kappa shape index (κ1) is 10.9. The van der Waals surface area contributed by atoms with Gasteiger partial charge in [0, 0.05) is 13.7 Å². The van der Waals surface area contributed by atoms with Gasteiger partial charge in [-0.25, -0.2) is 0 Å². The minimum Gasteiger partial charge on any atom is -0.396 e. The van der Waals surface area contributed by atoms with E-state index >= 15 is 0 Å². The van der Waals surface area contributed by atoms with E-state index in [4.69, 9.17) is 9.84 Å². The number of hydrogen-bond acceptors (Lipinski definition) is 2. The molecular weight excluding hydrogens is 140 g/mol. The van der Waals surface area contributed by atoms with E-state index in [1.165, 1.54) is 0 Å². The minimum absolute atomic E-state index is 0.128.